The zero-order chi connectivity index (χ0) is 27.9. The predicted molar refractivity (Wildman–Crippen MR) is 161 cm³/mol. The molecule has 204 valence electrons. The lowest BCUT2D eigenvalue weighted by molar-refractivity contribution is 0.0566. The fourth-order valence-electron chi connectivity index (χ4n) is 4.83. The van der Waals surface area contributed by atoms with Crippen molar-refractivity contribution in [3.8, 4) is 11.5 Å². The van der Waals surface area contributed by atoms with Gasteiger partial charge in [-0.25, -0.2) is 0 Å². The fraction of sp³-hybridized carbons (Fsp3) is 0.182. The Kier molecular flexibility index (Phi) is 8.94. The van der Waals surface area contributed by atoms with Gasteiger partial charge in [0.15, 0.2) is 0 Å². The summed E-state index contributed by atoms with van der Waals surface area (Å²) in [6.07, 6.45) is 1.55. The van der Waals surface area contributed by atoms with Crippen LogP contribution in [0.15, 0.2) is 109 Å². The average molecular weight is 554 g/mol. The molecule has 6 nitrogen and oxygen atoms in total. The van der Waals surface area contributed by atoms with Crippen LogP contribution in [0.2, 0.25) is 5.02 Å². The number of aliphatic hydroxyl groups excluding tert-OH is 2. The summed E-state index contributed by atoms with van der Waals surface area (Å²) >= 11 is 6.17. The second kappa shape index (κ2) is 12.9. The van der Waals surface area contributed by atoms with Crippen molar-refractivity contribution in [2.75, 3.05) is 18.9 Å². The number of pyridine rings is 1. The van der Waals surface area contributed by atoms with Crippen LogP contribution in [0.1, 0.15) is 22.8 Å². The molecule has 0 saturated heterocycles. The predicted octanol–water partition coefficient (Wildman–Crippen LogP) is 6.40. The minimum absolute atomic E-state index is 0.0561. The molecule has 0 unspecified atom stereocenters. The van der Waals surface area contributed by atoms with Crippen LogP contribution in [0.25, 0.3) is 10.9 Å². The van der Waals surface area contributed by atoms with Crippen molar-refractivity contribution in [2.45, 2.75) is 25.1 Å². The van der Waals surface area contributed by atoms with Gasteiger partial charge in [-0.15, -0.1) is 0 Å². The van der Waals surface area contributed by atoms with Crippen molar-refractivity contribution < 1.29 is 14.9 Å². The lowest BCUT2D eigenvalue weighted by atomic mass is 10.0. The van der Waals surface area contributed by atoms with Crippen molar-refractivity contribution in [1.29, 1.82) is 0 Å². The quantitative estimate of drug-likeness (QED) is 0.164. The van der Waals surface area contributed by atoms with Crippen LogP contribution in [0.3, 0.4) is 0 Å². The minimum atomic E-state index is -0.752. The maximum atomic E-state index is 11.1. The largest absolute Gasteiger partial charge is 0.457 e. The Balaban J connectivity index is 1.32. The molecule has 5 aromatic rings. The van der Waals surface area contributed by atoms with Crippen LogP contribution in [0.4, 0.5) is 5.69 Å². The van der Waals surface area contributed by atoms with E-state index in [0.29, 0.717) is 41.7 Å². The molecule has 0 aliphatic rings. The molecule has 5 rings (SSSR count). The number of nitrogens with zero attached hydrogens (tertiary/aromatic N) is 2. The maximum absolute atomic E-state index is 11.1. The lowest BCUT2D eigenvalue weighted by Gasteiger charge is -2.32. The van der Waals surface area contributed by atoms with Gasteiger partial charge < -0.3 is 20.7 Å². The van der Waals surface area contributed by atoms with Crippen LogP contribution in [-0.2, 0) is 13.0 Å². The zero-order valence-corrected chi connectivity index (χ0v) is 22.8. The molecule has 7 heteroatoms. The topological polar surface area (TPSA) is 91.8 Å². The Bertz CT molecular complexity index is 1550. The van der Waals surface area contributed by atoms with E-state index in [-0.39, 0.29) is 12.6 Å². The number of aliphatic hydroxyl groups is 2. The molecule has 0 spiro atoms. The summed E-state index contributed by atoms with van der Waals surface area (Å²) in [7, 11) is 0. The molecule has 2 atom stereocenters. The summed E-state index contributed by atoms with van der Waals surface area (Å²) in [5.41, 5.74) is 10.2. The Labute approximate surface area is 239 Å². The Hall–Kier alpha value is -3.94. The van der Waals surface area contributed by atoms with Crippen LogP contribution in [-0.4, -0.2) is 39.3 Å². The third kappa shape index (κ3) is 6.97. The molecular weight excluding hydrogens is 522 g/mol. The summed E-state index contributed by atoms with van der Waals surface area (Å²) in [6, 6.07) is 32.4. The smallest absolute Gasteiger partial charge is 0.138 e. The lowest BCUT2D eigenvalue weighted by Crippen LogP contribution is -2.41. The van der Waals surface area contributed by atoms with Crippen molar-refractivity contribution in [3.63, 3.8) is 0 Å². The Morgan fingerprint density at radius 3 is 2.42 bits per heavy atom. The highest BCUT2D eigenvalue weighted by atomic mass is 35.5. The van der Waals surface area contributed by atoms with Crippen LogP contribution < -0.4 is 10.5 Å². The van der Waals surface area contributed by atoms with Gasteiger partial charge in [0.25, 0.3) is 0 Å². The summed E-state index contributed by atoms with van der Waals surface area (Å²) < 4.78 is 6.17. The van der Waals surface area contributed by atoms with E-state index in [4.69, 9.17) is 22.1 Å². The van der Waals surface area contributed by atoms with E-state index < -0.39 is 6.10 Å². The number of fused-ring (bicyclic) bond motifs is 1. The van der Waals surface area contributed by atoms with Gasteiger partial charge in [0.1, 0.15) is 11.5 Å². The van der Waals surface area contributed by atoms with Crippen molar-refractivity contribution in [2.24, 2.45) is 0 Å². The molecule has 0 bridgehead atoms. The Morgan fingerprint density at radius 2 is 1.68 bits per heavy atom. The van der Waals surface area contributed by atoms with E-state index in [9.17, 15) is 10.2 Å². The first-order chi connectivity index (χ1) is 19.5. The van der Waals surface area contributed by atoms with E-state index in [1.807, 2.05) is 78.9 Å². The monoisotopic (exact) mass is 553 g/mol. The molecule has 40 heavy (non-hydrogen) atoms. The standard InChI is InChI=1S/C33H32ClN3O3/c34-26-8-4-7-25(18-26)32(39)21-37(20-24-5-2-1-3-6-24)28(22-38)17-23-9-12-29(13-10-23)40-33-15-16-36-31-19-27(35)11-14-30(31)33/h1-16,18-19,28,32,38-39H,17,20-22,35H2/t28-,32-/m0/s1. The third-order valence-electron chi connectivity index (χ3n) is 6.95. The number of hydrogen-bond acceptors (Lipinski definition) is 6. The molecule has 1 heterocycles. The number of halogens is 1. The van der Waals surface area contributed by atoms with Gasteiger partial charge in [0.05, 0.1) is 18.2 Å². The van der Waals surface area contributed by atoms with Gasteiger partial charge in [-0.05, 0) is 71.6 Å². The number of nitrogens with two attached hydrogens (primary N) is 1. The molecule has 4 aromatic carbocycles. The van der Waals surface area contributed by atoms with Crippen LogP contribution in [0.5, 0.6) is 11.5 Å². The number of rotatable bonds is 11. The van der Waals surface area contributed by atoms with Crippen molar-refractivity contribution >= 4 is 28.2 Å². The number of nitrogen functional groups attached to an aromatic ring is 1. The number of ether oxygens (including phenoxy) is 1. The first-order valence-electron chi connectivity index (χ1n) is 13.2. The maximum Gasteiger partial charge on any atom is 0.138 e. The molecule has 0 aliphatic carbocycles. The molecule has 1 aromatic heterocycles. The van der Waals surface area contributed by atoms with Crippen LogP contribution in [0, 0.1) is 0 Å². The molecule has 0 amide bonds. The normalized spacial score (nSPS) is 12.9. The number of benzene rings is 4. The molecular formula is C33H32ClN3O3. The molecule has 4 N–H and O–H groups in total. The second-order valence-electron chi connectivity index (χ2n) is 9.86. The van der Waals surface area contributed by atoms with E-state index in [1.54, 1.807) is 18.3 Å². The zero-order valence-electron chi connectivity index (χ0n) is 22.0. The van der Waals surface area contributed by atoms with E-state index in [0.717, 1.165) is 27.6 Å². The number of hydrogen-bond donors (Lipinski definition) is 3. The van der Waals surface area contributed by atoms with Gasteiger partial charge in [-0.3, -0.25) is 9.88 Å². The molecule has 0 aliphatic heterocycles. The highest BCUT2D eigenvalue weighted by molar-refractivity contribution is 6.30. The first-order valence-corrected chi connectivity index (χ1v) is 13.6. The molecule has 0 radical (unpaired) electrons. The highest BCUT2D eigenvalue weighted by Gasteiger charge is 2.23. The highest BCUT2D eigenvalue weighted by Crippen LogP contribution is 2.30. The summed E-state index contributed by atoms with van der Waals surface area (Å²) in [4.78, 5) is 6.50. The second-order valence-corrected chi connectivity index (χ2v) is 10.3. The van der Waals surface area contributed by atoms with Gasteiger partial charge in [0, 0.05) is 41.4 Å². The fourth-order valence-corrected chi connectivity index (χ4v) is 5.03. The van der Waals surface area contributed by atoms with E-state index >= 15 is 0 Å². The van der Waals surface area contributed by atoms with Crippen molar-refractivity contribution in [3.05, 3.63) is 131 Å². The van der Waals surface area contributed by atoms with E-state index in [1.165, 1.54) is 0 Å². The third-order valence-corrected chi connectivity index (χ3v) is 7.18. The minimum Gasteiger partial charge on any atom is -0.457 e. The summed E-state index contributed by atoms with van der Waals surface area (Å²) in [5.74, 6) is 1.40. The number of aromatic nitrogens is 1. The van der Waals surface area contributed by atoms with Gasteiger partial charge in [-0.2, -0.15) is 0 Å². The molecule has 0 saturated carbocycles. The SMILES string of the molecule is Nc1ccc2c(Oc3ccc(C[C@@H](CO)N(Cc4ccccc4)C[C@H](O)c4cccc(Cl)c4)cc3)ccnc2c1. The summed E-state index contributed by atoms with van der Waals surface area (Å²) in [5, 5.41) is 23.0. The van der Waals surface area contributed by atoms with Gasteiger partial charge in [0.2, 0.25) is 0 Å². The van der Waals surface area contributed by atoms with Crippen LogP contribution >= 0.6 is 11.6 Å². The Morgan fingerprint density at radius 1 is 0.875 bits per heavy atom. The number of anilines is 1. The first kappa shape index (κ1) is 27.6. The van der Waals surface area contributed by atoms with E-state index in [2.05, 4.69) is 22.0 Å². The average Bonchev–Trinajstić information content (AvgIpc) is 2.97. The summed E-state index contributed by atoms with van der Waals surface area (Å²) in [6.45, 7) is 0.880. The van der Waals surface area contributed by atoms with Gasteiger partial charge >= 0.3 is 0 Å². The molecule has 0 fully saturated rings. The van der Waals surface area contributed by atoms with Crippen molar-refractivity contribution in [1.82, 2.24) is 9.88 Å². The van der Waals surface area contributed by atoms with Gasteiger partial charge in [-0.1, -0.05) is 66.2 Å².